The molecule has 0 bridgehead atoms. The van der Waals surface area contributed by atoms with Crippen molar-refractivity contribution in [3.05, 3.63) is 0 Å². The van der Waals surface area contributed by atoms with Gasteiger partial charge in [0.2, 0.25) is 0 Å². The molecular weight excluding hydrogens is 234 g/mol. The second-order valence-electron chi connectivity index (χ2n) is 8.06. The van der Waals surface area contributed by atoms with Crippen LogP contribution in [0.5, 0.6) is 0 Å². The minimum absolute atomic E-state index is 0.0502. The first kappa shape index (κ1) is 17.0. The number of hydrogen-bond donors (Lipinski definition) is 1. The van der Waals surface area contributed by atoms with Gasteiger partial charge in [-0.3, -0.25) is 0 Å². The van der Waals surface area contributed by atoms with E-state index in [4.69, 9.17) is 4.74 Å². The molecule has 1 rings (SSSR count). The Morgan fingerprint density at radius 2 is 1.89 bits per heavy atom. The predicted octanol–water partition coefficient (Wildman–Crippen LogP) is 4.38. The Labute approximate surface area is 120 Å². The monoisotopic (exact) mass is 269 g/mol. The van der Waals surface area contributed by atoms with E-state index in [0.717, 1.165) is 12.5 Å². The van der Waals surface area contributed by atoms with E-state index in [1.807, 2.05) is 0 Å². The van der Waals surface area contributed by atoms with Crippen molar-refractivity contribution < 1.29 is 4.74 Å². The van der Waals surface area contributed by atoms with Gasteiger partial charge in [-0.15, -0.1) is 0 Å². The molecule has 114 valence electrons. The van der Waals surface area contributed by atoms with Crippen molar-refractivity contribution in [1.29, 1.82) is 0 Å². The number of rotatable bonds is 5. The van der Waals surface area contributed by atoms with E-state index in [1.54, 1.807) is 0 Å². The van der Waals surface area contributed by atoms with Gasteiger partial charge in [0, 0.05) is 12.1 Å². The molecule has 0 heterocycles. The van der Waals surface area contributed by atoms with Gasteiger partial charge in [-0.2, -0.15) is 0 Å². The zero-order valence-electron chi connectivity index (χ0n) is 14.2. The van der Waals surface area contributed by atoms with Gasteiger partial charge in [-0.1, -0.05) is 33.6 Å². The van der Waals surface area contributed by atoms with Crippen molar-refractivity contribution in [3.63, 3.8) is 0 Å². The second kappa shape index (κ2) is 6.58. The highest BCUT2D eigenvalue weighted by Crippen LogP contribution is 2.36. The smallest absolute Gasteiger partial charge is 0.0812 e. The van der Waals surface area contributed by atoms with Gasteiger partial charge in [-0.05, 0) is 52.4 Å². The zero-order chi connectivity index (χ0) is 14.7. The molecule has 1 fully saturated rings. The van der Waals surface area contributed by atoms with E-state index in [-0.39, 0.29) is 11.1 Å². The van der Waals surface area contributed by atoms with Crippen LogP contribution in [0.25, 0.3) is 0 Å². The molecule has 0 radical (unpaired) electrons. The lowest BCUT2D eigenvalue weighted by molar-refractivity contribution is -0.129. The summed E-state index contributed by atoms with van der Waals surface area (Å²) < 4.78 is 6.54. The van der Waals surface area contributed by atoms with Crippen molar-refractivity contribution >= 4 is 0 Å². The number of hydrogen-bond acceptors (Lipinski definition) is 2. The molecule has 0 amide bonds. The van der Waals surface area contributed by atoms with Crippen molar-refractivity contribution in [3.8, 4) is 0 Å². The summed E-state index contributed by atoms with van der Waals surface area (Å²) in [6.45, 7) is 16.8. The summed E-state index contributed by atoms with van der Waals surface area (Å²) in [5, 5.41) is 3.67. The Bertz CT molecular complexity index is 269. The predicted molar refractivity (Wildman–Crippen MR) is 83.5 cm³/mol. The van der Waals surface area contributed by atoms with Gasteiger partial charge < -0.3 is 10.1 Å². The third-order valence-corrected chi connectivity index (χ3v) is 4.37. The van der Waals surface area contributed by atoms with E-state index in [0.29, 0.717) is 12.0 Å². The van der Waals surface area contributed by atoms with Crippen LogP contribution < -0.4 is 5.32 Å². The molecule has 0 aromatic heterocycles. The topological polar surface area (TPSA) is 21.3 Å². The summed E-state index contributed by atoms with van der Waals surface area (Å²) in [6.07, 6.45) is 5.41. The van der Waals surface area contributed by atoms with Crippen molar-refractivity contribution in [2.24, 2.45) is 11.8 Å². The molecule has 3 atom stereocenters. The van der Waals surface area contributed by atoms with Crippen LogP contribution in [0.15, 0.2) is 0 Å². The average Bonchev–Trinajstić information content (AvgIpc) is 2.25. The largest absolute Gasteiger partial charge is 0.370 e. The van der Waals surface area contributed by atoms with Gasteiger partial charge in [0.05, 0.1) is 11.7 Å². The highest BCUT2D eigenvalue weighted by Gasteiger charge is 2.38. The molecule has 1 N–H and O–H groups in total. The minimum atomic E-state index is 0.0502. The molecular formula is C17H35NO. The molecule has 1 aliphatic carbocycles. The number of nitrogens with one attached hydrogen (secondary N) is 1. The Morgan fingerprint density at radius 1 is 1.26 bits per heavy atom. The Kier molecular flexibility index (Phi) is 5.88. The fraction of sp³-hybridized carbons (Fsp3) is 1.00. The zero-order valence-corrected chi connectivity index (χ0v) is 14.2. The lowest BCUT2D eigenvalue weighted by Gasteiger charge is -2.44. The van der Waals surface area contributed by atoms with Crippen LogP contribution in [0.2, 0.25) is 0 Å². The van der Waals surface area contributed by atoms with E-state index in [9.17, 15) is 0 Å². The molecule has 1 saturated carbocycles. The molecule has 0 saturated heterocycles. The van der Waals surface area contributed by atoms with E-state index >= 15 is 0 Å². The van der Waals surface area contributed by atoms with Crippen LogP contribution >= 0.6 is 0 Å². The lowest BCUT2D eigenvalue weighted by atomic mass is 9.78. The molecule has 2 nitrogen and oxygen atoms in total. The summed E-state index contributed by atoms with van der Waals surface area (Å²) in [7, 11) is 0. The highest BCUT2D eigenvalue weighted by molar-refractivity contribution is 4.92. The van der Waals surface area contributed by atoms with Gasteiger partial charge in [0.1, 0.15) is 0 Å². The quantitative estimate of drug-likeness (QED) is 0.799. The van der Waals surface area contributed by atoms with E-state index < -0.39 is 0 Å². The van der Waals surface area contributed by atoms with Gasteiger partial charge >= 0.3 is 0 Å². The maximum atomic E-state index is 6.54. The fourth-order valence-electron chi connectivity index (χ4n) is 2.88. The SMILES string of the molecule is CC1CCCC(CNC(C)(C)C)(OC(C)C(C)C)C1. The van der Waals surface area contributed by atoms with Gasteiger partial charge in [0.25, 0.3) is 0 Å². The van der Waals surface area contributed by atoms with Crippen LogP contribution in [-0.2, 0) is 4.74 Å². The first-order valence-corrected chi connectivity index (χ1v) is 8.06. The third-order valence-electron chi connectivity index (χ3n) is 4.37. The first-order chi connectivity index (χ1) is 8.64. The van der Waals surface area contributed by atoms with E-state index in [2.05, 4.69) is 53.8 Å². The molecule has 0 aliphatic heterocycles. The second-order valence-corrected chi connectivity index (χ2v) is 8.06. The normalized spacial score (nSPS) is 30.6. The lowest BCUT2D eigenvalue weighted by Crippen LogP contribution is -2.52. The van der Waals surface area contributed by atoms with E-state index in [1.165, 1.54) is 25.7 Å². The summed E-state index contributed by atoms with van der Waals surface area (Å²) in [5.74, 6) is 1.37. The van der Waals surface area contributed by atoms with Crippen molar-refractivity contribution in [2.45, 2.75) is 91.4 Å². The molecule has 0 aromatic rings. The fourth-order valence-corrected chi connectivity index (χ4v) is 2.88. The molecule has 19 heavy (non-hydrogen) atoms. The highest BCUT2D eigenvalue weighted by atomic mass is 16.5. The standard InChI is InChI=1S/C17H35NO/c1-13(2)15(4)19-17(12-18-16(5,6)7)10-8-9-14(3)11-17/h13-15,18H,8-12H2,1-7H3. The van der Waals surface area contributed by atoms with Gasteiger partial charge in [-0.25, -0.2) is 0 Å². The van der Waals surface area contributed by atoms with Gasteiger partial charge in [0.15, 0.2) is 0 Å². The molecule has 2 heteroatoms. The van der Waals surface area contributed by atoms with Crippen LogP contribution in [0.4, 0.5) is 0 Å². The Hall–Kier alpha value is -0.0800. The number of ether oxygens (including phenoxy) is 1. The van der Waals surface area contributed by atoms with Crippen LogP contribution in [-0.4, -0.2) is 23.8 Å². The maximum Gasteiger partial charge on any atom is 0.0812 e. The minimum Gasteiger partial charge on any atom is -0.370 e. The summed E-state index contributed by atoms with van der Waals surface area (Å²) in [6, 6.07) is 0. The Morgan fingerprint density at radius 3 is 2.37 bits per heavy atom. The molecule has 1 aliphatic rings. The molecule has 0 spiro atoms. The van der Waals surface area contributed by atoms with Crippen molar-refractivity contribution in [1.82, 2.24) is 5.32 Å². The summed E-state index contributed by atoms with van der Waals surface area (Å²) in [5.41, 5.74) is 0.215. The maximum absolute atomic E-state index is 6.54. The van der Waals surface area contributed by atoms with Crippen LogP contribution in [0.1, 0.15) is 74.1 Å². The molecule has 3 unspecified atom stereocenters. The first-order valence-electron chi connectivity index (χ1n) is 8.06. The third kappa shape index (κ3) is 5.83. The Balaban J connectivity index is 2.72. The average molecular weight is 269 g/mol. The van der Waals surface area contributed by atoms with Crippen molar-refractivity contribution in [2.75, 3.05) is 6.54 Å². The van der Waals surface area contributed by atoms with Crippen LogP contribution in [0, 0.1) is 11.8 Å². The summed E-state index contributed by atoms with van der Waals surface area (Å²) >= 11 is 0. The summed E-state index contributed by atoms with van der Waals surface area (Å²) in [4.78, 5) is 0. The van der Waals surface area contributed by atoms with Crippen LogP contribution in [0.3, 0.4) is 0 Å². The molecule has 0 aromatic carbocycles.